The van der Waals surface area contributed by atoms with E-state index >= 15 is 0 Å². The first-order chi connectivity index (χ1) is 8.20. The predicted octanol–water partition coefficient (Wildman–Crippen LogP) is 3.60. The van der Waals surface area contributed by atoms with Crippen molar-refractivity contribution in [1.29, 1.82) is 0 Å². The van der Waals surface area contributed by atoms with Crippen LogP contribution in [0.2, 0.25) is 0 Å². The number of nitrogens with one attached hydrogen (secondary N) is 1. The molecule has 0 atom stereocenters. The Balaban J connectivity index is 2.07. The van der Waals surface area contributed by atoms with Gasteiger partial charge in [-0.2, -0.15) is 0 Å². The molecule has 1 heterocycles. The highest BCUT2D eigenvalue weighted by Gasteiger charge is 2.08. The van der Waals surface area contributed by atoms with E-state index in [9.17, 15) is 8.78 Å². The van der Waals surface area contributed by atoms with E-state index in [0.717, 1.165) is 17.1 Å². The highest BCUT2D eigenvalue weighted by atomic mass is 32.1. The SMILES string of the molecule is CCc1nc(CNc2c(F)cccc2F)cs1. The average Bonchev–Trinajstić information content (AvgIpc) is 2.76. The van der Waals surface area contributed by atoms with Gasteiger partial charge in [-0.1, -0.05) is 13.0 Å². The summed E-state index contributed by atoms with van der Waals surface area (Å²) in [6.07, 6.45) is 0.874. The minimum Gasteiger partial charge on any atom is -0.375 e. The molecule has 0 fully saturated rings. The largest absolute Gasteiger partial charge is 0.375 e. The summed E-state index contributed by atoms with van der Waals surface area (Å²) in [5, 5.41) is 5.65. The second-order valence-corrected chi connectivity index (χ2v) is 4.48. The molecule has 2 nitrogen and oxygen atoms in total. The van der Waals surface area contributed by atoms with E-state index in [1.54, 1.807) is 11.3 Å². The molecule has 2 aromatic rings. The molecule has 0 spiro atoms. The molecule has 0 radical (unpaired) electrons. The third-order valence-electron chi connectivity index (χ3n) is 2.31. The Morgan fingerprint density at radius 1 is 1.29 bits per heavy atom. The molecule has 0 amide bonds. The van der Waals surface area contributed by atoms with Gasteiger partial charge in [-0.3, -0.25) is 0 Å². The number of aryl methyl sites for hydroxylation is 1. The summed E-state index contributed by atoms with van der Waals surface area (Å²) in [6.45, 7) is 2.35. The molecule has 0 bridgehead atoms. The van der Waals surface area contributed by atoms with Crippen molar-refractivity contribution in [2.45, 2.75) is 19.9 Å². The van der Waals surface area contributed by atoms with Gasteiger partial charge in [-0.25, -0.2) is 13.8 Å². The van der Waals surface area contributed by atoms with Crippen molar-refractivity contribution in [3.05, 3.63) is 45.9 Å². The second-order valence-electron chi connectivity index (χ2n) is 3.54. The molecular weight excluding hydrogens is 242 g/mol. The number of rotatable bonds is 4. The number of benzene rings is 1. The molecule has 0 aliphatic heterocycles. The van der Waals surface area contributed by atoms with Gasteiger partial charge in [0, 0.05) is 5.38 Å². The zero-order valence-electron chi connectivity index (χ0n) is 9.34. The van der Waals surface area contributed by atoms with E-state index in [1.807, 2.05) is 12.3 Å². The molecule has 1 N–H and O–H groups in total. The van der Waals surface area contributed by atoms with Gasteiger partial charge < -0.3 is 5.32 Å². The standard InChI is InChI=1S/C12H12F2N2S/c1-2-11-16-8(7-17-11)6-15-12-9(13)4-3-5-10(12)14/h3-5,7,15H,2,6H2,1H3. The van der Waals surface area contributed by atoms with Crippen molar-refractivity contribution in [2.24, 2.45) is 0 Å². The Bertz CT molecular complexity index is 491. The Kier molecular flexibility index (Phi) is 3.68. The average molecular weight is 254 g/mol. The lowest BCUT2D eigenvalue weighted by Crippen LogP contribution is -2.04. The van der Waals surface area contributed by atoms with Gasteiger partial charge in [0.15, 0.2) is 0 Å². The van der Waals surface area contributed by atoms with Crippen LogP contribution in [-0.2, 0) is 13.0 Å². The highest BCUT2D eigenvalue weighted by molar-refractivity contribution is 7.09. The van der Waals surface area contributed by atoms with Gasteiger partial charge in [0.05, 0.1) is 17.2 Å². The van der Waals surface area contributed by atoms with Crippen LogP contribution in [0.25, 0.3) is 0 Å². The van der Waals surface area contributed by atoms with Crippen LogP contribution in [0.4, 0.5) is 14.5 Å². The molecule has 5 heteroatoms. The van der Waals surface area contributed by atoms with Crippen molar-refractivity contribution >= 4 is 17.0 Å². The topological polar surface area (TPSA) is 24.9 Å². The van der Waals surface area contributed by atoms with E-state index in [-0.39, 0.29) is 5.69 Å². The third-order valence-corrected chi connectivity index (χ3v) is 3.35. The molecule has 90 valence electrons. The molecule has 2 rings (SSSR count). The minimum atomic E-state index is -0.587. The van der Waals surface area contributed by atoms with E-state index in [1.165, 1.54) is 18.2 Å². The van der Waals surface area contributed by atoms with Crippen molar-refractivity contribution in [3.63, 3.8) is 0 Å². The number of para-hydroxylation sites is 1. The minimum absolute atomic E-state index is 0.0986. The van der Waals surface area contributed by atoms with Crippen molar-refractivity contribution in [3.8, 4) is 0 Å². The zero-order valence-corrected chi connectivity index (χ0v) is 10.2. The van der Waals surface area contributed by atoms with Gasteiger partial charge in [0.2, 0.25) is 0 Å². The van der Waals surface area contributed by atoms with Crippen molar-refractivity contribution in [2.75, 3.05) is 5.32 Å². The van der Waals surface area contributed by atoms with Crippen LogP contribution in [-0.4, -0.2) is 4.98 Å². The van der Waals surface area contributed by atoms with Gasteiger partial charge in [0.25, 0.3) is 0 Å². The molecule has 1 aromatic carbocycles. The van der Waals surface area contributed by atoms with Crippen molar-refractivity contribution in [1.82, 2.24) is 4.98 Å². The smallest absolute Gasteiger partial charge is 0.149 e. The molecular formula is C12H12F2N2S. The van der Waals surface area contributed by atoms with Crippen LogP contribution in [0.3, 0.4) is 0 Å². The van der Waals surface area contributed by atoms with Crippen LogP contribution in [0, 0.1) is 11.6 Å². The fourth-order valence-corrected chi connectivity index (χ4v) is 2.18. The summed E-state index contributed by atoms with van der Waals surface area (Å²) in [5.41, 5.74) is 0.702. The third kappa shape index (κ3) is 2.79. The lowest BCUT2D eigenvalue weighted by molar-refractivity contribution is 0.588. The van der Waals surface area contributed by atoms with Gasteiger partial charge in [0.1, 0.15) is 17.3 Å². The summed E-state index contributed by atoms with van der Waals surface area (Å²) < 4.78 is 26.6. The summed E-state index contributed by atoms with van der Waals surface area (Å²) in [6, 6.07) is 3.79. The highest BCUT2D eigenvalue weighted by Crippen LogP contribution is 2.19. The van der Waals surface area contributed by atoms with Crippen LogP contribution in [0.1, 0.15) is 17.6 Å². The molecule has 17 heavy (non-hydrogen) atoms. The normalized spacial score (nSPS) is 10.5. The van der Waals surface area contributed by atoms with E-state index in [4.69, 9.17) is 0 Å². The Morgan fingerprint density at radius 2 is 2.00 bits per heavy atom. The maximum absolute atomic E-state index is 13.3. The van der Waals surface area contributed by atoms with Crippen LogP contribution < -0.4 is 5.32 Å². The molecule has 0 saturated carbocycles. The van der Waals surface area contributed by atoms with E-state index in [2.05, 4.69) is 10.3 Å². The molecule has 0 aliphatic rings. The maximum atomic E-state index is 13.3. The maximum Gasteiger partial charge on any atom is 0.149 e. The van der Waals surface area contributed by atoms with Crippen molar-refractivity contribution < 1.29 is 8.78 Å². The first-order valence-corrected chi connectivity index (χ1v) is 6.20. The molecule has 0 unspecified atom stereocenters. The number of thiazole rings is 1. The lowest BCUT2D eigenvalue weighted by atomic mass is 10.3. The number of anilines is 1. The van der Waals surface area contributed by atoms with Crippen LogP contribution >= 0.6 is 11.3 Å². The van der Waals surface area contributed by atoms with Gasteiger partial charge in [-0.15, -0.1) is 11.3 Å². The number of halogens is 2. The second kappa shape index (κ2) is 5.23. The van der Waals surface area contributed by atoms with Gasteiger partial charge in [-0.05, 0) is 18.6 Å². The Labute approximate surface area is 102 Å². The lowest BCUT2D eigenvalue weighted by Gasteiger charge is -2.06. The summed E-state index contributed by atoms with van der Waals surface area (Å²) in [5.74, 6) is -1.17. The Hall–Kier alpha value is -1.49. The zero-order chi connectivity index (χ0) is 12.3. The summed E-state index contributed by atoms with van der Waals surface area (Å²) >= 11 is 1.55. The summed E-state index contributed by atoms with van der Waals surface area (Å²) in [7, 11) is 0. The van der Waals surface area contributed by atoms with E-state index < -0.39 is 11.6 Å². The molecule has 0 saturated heterocycles. The van der Waals surface area contributed by atoms with Gasteiger partial charge >= 0.3 is 0 Å². The first kappa shape index (κ1) is 12.0. The monoisotopic (exact) mass is 254 g/mol. The van der Waals surface area contributed by atoms with E-state index in [0.29, 0.717) is 6.54 Å². The number of hydrogen-bond donors (Lipinski definition) is 1. The van der Waals surface area contributed by atoms with Crippen LogP contribution in [0.5, 0.6) is 0 Å². The summed E-state index contributed by atoms with van der Waals surface area (Å²) in [4.78, 5) is 4.31. The fourth-order valence-electron chi connectivity index (χ4n) is 1.44. The first-order valence-electron chi connectivity index (χ1n) is 5.32. The Morgan fingerprint density at radius 3 is 2.59 bits per heavy atom. The number of nitrogens with zero attached hydrogens (tertiary/aromatic N) is 1. The predicted molar refractivity (Wildman–Crippen MR) is 65.2 cm³/mol. The van der Waals surface area contributed by atoms with Crippen LogP contribution in [0.15, 0.2) is 23.6 Å². The fraction of sp³-hybridized carbons (Fsp3) is 0.250. The quantitative estimate of drug-likeness (QED) is 0.901. The number of aromatic nitrogens is 1. The number of hydrogen-bond acceptors (Lipinski definition) is 3. The molecule has 0 aliphatic carbocycles. The molecule has 1 aromatic heterocycles.